The maximum Gasteiger partial charge on any atom is 0.472 e. The van der Waals surface area contributed by atoms with Crippen LogP contribution in [0.4, 0.5) is 0 Å². The van der Waals surface area contributed by atoms with Crippen LogP contribution in [-0.2, 0) is 57.1 Å². The van der Waals surface area contributed by atoms with E-state index in [1.54, 1.807) is 36.4 Å². The van der Waals surface area contributed by atoms with Crippen LogP contribution in [0.2, 0.25) is 0 Å². The third-order valence-corrected chi connectivity index (χ3v) is 20.5. The summed E-state index contributed by atoms with van der Waals surface area (Å²) in [5, 5.41) is 27.1. The number of phosphoric acid groups is 1. The van der Waals surface area contributed by atoms with Gasteiger partial charge in [0.05, 0.1) is 37.0 Å². The molecule has 0 aromatic heterocycles. The highest BCUT2D eigenvalue weighted by molar-refractivity contribution is 7.46. The molecule has 3 aromatic carbocycles. The third-order valence-electron chi connectivity index (χ3n) is 20.1. The van der Waals surface area contributed by atoms with Gasteiger partial charge in [-0.25, -0.2) is 13.9 Å². The largest absolute Gasteiger partial charge is 0.472 e. The van der Waals surface area contributed by atoms with Crippen LogP contribution in [0.25, 0.3) is 0 Å². The number of ether oxygens (including phenoxy) is 5. The molecule has 3 aromatic rings. The Morgan fingerprint density at radius 2 is 1.61 bits per heavy atom. The molecule has 0 amide bonds. The first-order valence-corrected chi connectivity index (χ1v) is 32.5. The Balaban J connectivity index is 0.805. The highest BCUT2D eigenvalue weighted by Gasteiger charge is 2.76. The van der Waals surface area contributed by atoms with Crippen LogP contribution >= 0.6 is 7.82 Å². The van der Waals surface area contributed by atoms with Gasteiger partial charge in [-0.3, -0.25) is 9.59 Å². The van der Waals surface area contributed by atoms with Crippen molar-refractivity contribution in [2.75, 3.05) is 52.8 Å². The number of quaternary nitrogens is 1. The average molecular weight is 1170 g/mol. The number of nitrogens with one attached hydrogen (secondary N) is 1. The van der Waals surface area contributed by atoms with Crippen LogP contribution in [0.15, 0.2) is 96.6 Å². The first-order chi connectivity index (χ1) is 39.9. The van der Waals surface area contributed by atoms with Gasteiger partial charge in [-0.05, 0) is 150 Å². The number of carbonyl (C=O) groups excluding carboxylic acids is 3. The molecule has 6 aliphatic rings. The fourth-order valence-electron chi connectivity index (χ4n) is 15.4. The second kappa shape index (κ2) is 28.0. The predicted octanol–water partition coefficient (Wildman–Crippen LogP) is 10.6. The van der Waals surface area contributed by atoms with Crippen LogP contribution in [0.1, 0.15) is 163 Å². The summed E-state index contributed by atoms with van der Waals surface area (Å²) in [6, 6.07) is 23.1. The van der Waals surface area contributed by atoms with Gasteiger partial charge < -0.3 is 53.5 Å². The lowest BCUT2D eigenvalue weighted by atomic mass is 9.46. The number of aliphatic hydroxyl groups excluding tert-OH is 2. The highest BCUT2D eigenvalue weighted by Crippen LogP contribution is 2.70. The first kappa shape index (κ1) is 63.1. The molecule has 10 atom stereocenters. The van der Waals surface area contributed by atoms with Gasteiger partial charge in [0, 0.05) is 53.6 Å². The van der Waals surface area contributed by atoms with Crippen LogP contribution in [0.3, 0.4) is 0 Å². The summed E-state index contributed by atoms with van der Waals surface area (Å²) in [5.74, 6) is -0.555. The van der Waals surface area contributed by atoms with Crippen molar-refractivity contribution in [3.63, 3.8) is 0 Å². The van der Waals surface area contributed by atoms with E-state index in [4.69, 9.17) is 23.7 Å². The maximum absolute atomic E-state index is 15.1. The van der Waals surface area contributed by atoms with Crippen molar-refractivity contribution in [2.24, 2.45) is 34.5 Å². The normalized spacial score (nSPS) is 28.2. The molecule has 0 spiro atoms. The van der Waals surface area contributed by atoms with E-state index in [2.05, 4.69) is 61.8 Å². The Labute approximate surface area is 491 Å². The second-order valence-corrected chi connectivity index (χ2v) is 26.4. The number of carbonyl (C=O) groups is 3. The van der Waals surface area contributed by atoms with Crippen molar-refractivity contribution in [3.8, 4) is 5.75 Å². The molecule has 1 saturated heterocycles. The van der Waals surface area contributed by atoms with Crippen LogP contribution in [0, 0.1) is 34.5 Å². The molecule has 454 valence electrons. The van der Waals surface area contributed by atoms with Gasteiger partial charge in [0.25, 0.3) is 0 Å². The molecule has 1 heterocycles. The molecule has 5 N–H and O–H groups in total. The Morgan fingerprint density at radius 1 is 0.880 bits per heavy atom. The van der Waals surface area contributed by atoms with E-state index in [1.165, 1.54) is 5.56 Å². The van der Waals surface area contributed by atoms with Crippen molar-refractivity contribution in [1.29, 1.82) is 0 Å². The molecular weight excluding hydrogens is 1080 g/mol. The van der Waals surface area contributed by atoms with E-state index >= 15 is 4.79 Å². The van der Waals surface area contributed by atoms with Crippen LogP contribution in [-0.4, -0.2) is 119 Å². The van der Waals surface area contributed by atoms with Gasteiger partial charge in [0.15, 0.2) is 31.1 Å². The minimum absolute atomic E-state index is 0.00600. The number of hydrogen-bond acceptors (Lipinski definition) is 13. The zero-order valence-corrected chi connectivity index (χ0v) is 50.3. The quantitative estimate of drug-likeness (QED) is 0.0138. The molecule has 0 radical (unpaired) electrons. The van der Waals surface area contributed by atoms with Crippen LogP contribution < -0.4 is 10.1 Å². The van der Waals surface area contributed by atoms with Gasteiger partial charge in [0.1, 0.15) is 18.8 Å². The summed E-state index contributed by atoms with van der Waals surface area (Å²) < 4.78 is 48.4. The van der Waals surface area contributed by atoms with Gasteiger partial charge >= 0.3 is 13.8 Å². The highest BCUT2D eigenvalue weighted by atomic mass is 31.2. The van der Waals surface area contributed by atoms with E-state index in [1.807, 2.05) is 30.3 Å². The van der Waals surface area contributed by atoms with Gasteiger partial charge in [-0.1, -0.05) is 106 Å². The lowest BCUT2D eigenvalue weighted by Crippen LogP contribution is -2.63. The Hall–Kier alpha value is -4.42. The summed E-state index contributed by atoms with van der Waals surface area (Å²) in [4.78, 5) is 60.4. The lowest BCUT2D eigenvalue weighted by Gasteiger charge is -2.59. The fraction of sp³-hybridized carbons (Fsp3) is 0.621. The fourth-order valence-corrected chi connectivity index (χ4v) is 15.6. The number of nitrogens with zero attached hydrogens (tertiary/aromatic N) is 1. The Kier molecular flexibility index (Phi) is 21.2. The Bertz CT molecular complexity index is 2780. The molecule has 17 heteroatoms. The smallest absolute Gasteiger partial charge is 0.466 e. The number of fused-ring (bicyclic) bond motifs is 7. The minimum atomic E-state index is -4.81. The van der Waals surface area contributed by atoms with Crippen molar-refractivity contribution in [1.82, 2.24) is 5.32 Å². The summed E-state index contributed by atoms with van der Waals surface area (Å²) in [5.41, 5.74) is 2.37. The van der Waals surface area contributed by atoms with E-state index in [-0.39, 0.29) is 40.8 Å². The van der Waals surface area contributed by atoms with Crippen molar-refractivity contribution < 1.29 is 71.6 Å². The molecule has 83 heavy (non-hydrogen) atoms. The molecule has 16 nitrogen and oxygen atoms in total. The van der Waals surface area contributed by atoms with Gasteiger partial charge in [0.2, 0.25) is 5.78 Å². The minimum Gasteiger partial charge on any atom is -0.466 e. The molecular formula is C66H92N2O14P+. The molecule has 5 aliphatic carbocycles. The van der Waals surface area contributed by atoms with Crippen molar-refractivity contribution in [3.05, 3.63) is 124 Å². The number of aliphatic hydroxyl groups is 2. The average Bonchev–Trinajstić information content (AvgIpc) is 1.57. The maximum atomic E-state index is 15.1. The van der Waals surface area contributed by atoms with E-state index < -0.39 is 68.2 Å². The number of ketones is 2. The van der Waals surface area contributed by atoms with Crippen molar-refractivity contribution >= 4 is 25.4 Å². The molecule has 1 unspecified atom stereocenters. The third kappa shape index (κ3) is 14.5. The molecule has 9 rings (SSSR count). The Morgan fingerprint density at radius 3 is 2.35 bits per heavy atom. The number of aryl methyl sites for hydroxylation is 1. The summed E-state index contributed by atoms with van der Waals surface area (Å²) in [6.07, 6.45) is 17.7. The number of esters is 1. The van der Waals surface area contributed by atoms with E-state index in [0.29, 0.717) is 61.4 Å². The van der Waals surface area contributed by atoms with Crippen molar-refractivity contribution in [2.45, 2.75) is 174 Å². The SMILES string of the molecule is CC[N+](CC)(Cc1ccc(C(=O)OCC(=O)[C@@]23O[C@H](C4CCCCC4)O[C@@H]2C[C@H]2[C@@H]4CCC5=CC(=O)C=C[C@]5(C)[C@H]4[C@@H](O)C[C@@]23C)cc1)Cc1cc(C(O)CNCCCCCCOCCCCc2ccccc2)ccc1OCOP(=O)(O)O. The van der Waals surface area contributed by atoms with Gasteiger partial charge in [-0.2, -0.15) is 0 Å². The molecule has 0 bridgehead atoms. The second-order valence-electron chi connectivity index (χ2n) is 25.1. The standard InChI is InChI=1S/C66H91N2O14P/c1-5-68(6-2,43-51-37-50(28-31-58(51)79-45-80-83(74,75)76)57(71)41-67-34-16-7-8-17-35-77-36-18-15-21-46-19-11-9-12-20-46)42-47-24-26-48(27-25-47)62(73)78-44-59(72)66-60(81-63(82-66)49-22-13-10-14-23-49)39-55-54-30-29-52-38-53(69)32-33-64(52,3)61(54)56(70)40-65(55,66)4/h9,11-12,19-20,24-28,31-33,37-38,49,54-57,60-61,63,67,70-71H,5-8,10,13-18,21-23,29-30,34-36,39-45H2,1-4H3,(H-,74,75,76)/p+1/t54-,55-,56-,57?,60+,61+,63+,64-,65-,66+/m0/s1. The number of unbranched alkanes of at least 4 members (excludes halogenated alkanes) is 4. The number of phosphoric ester groups is 1. The number of hydrogen-bond donors (Lipinski definition) is 5. The van der Waals surface area contributed by atoms with E-state index in [9.17, 15) is 34.2 Å². The van der Waals surface area contributed by atoms with Crippen LogP contribution in [0.5, 0.6) is 5.75 Å². The van der Waals surface area contributed by atoms with E-state index in [0.717, 1.165) is 126 Å². The number of Topliss-reactive ketones (excluding diaryl/α,β-unsaturated/α-hetero) is 1. The summed E-state index contributed by atoms with van der Waals surface area (Å²) in [7, 11) is -4.81. The number of rotatable bonds is 30. The first-order valence-electron chi connectivity index (χ1n) is 31.0. The zero-order chi connectivity index (χ0) is 58.8. The summed E-state index contributed by atoms with van der Waals surface area (Å²) in [6.45, 7) is 12.3. The predicted molar refractivity (Wildman–Crippen MR) is 314 cm³/mol. The topological polar surface area (TPSA) is 217 Å². The summed E-state index contributed by atoms with van der Waals surface area (Å²) >= 11 is 0. The lowest BCUT2D eigenvalue weighted by molar-refractivity contribution is -0.950. The zero-order valence-electron chi connectivity index (χ0n) is 49.4. The van der Waals surface area contributed by atoms with Gasteiger partial charge in [-0.15, -0.1) is 0 Å². The number of allylic oxidation sites excluding steroid dienone is 4. The monoisotopic (exact) mass is 1170 g/mol. The number of benzene rings is 3. The molecule has 5 fully saturated rings. The molecule has 1 aliphatic heterocycles. The molecule has 4 saturated carbocycles.